The average molecular weight is 298 g/mol. The van der Waals surface area contributed by atoms with Crippen LogP contribution in [0.1, 0.15) is 11.1 Å². The van der Waals surface area contributed by atoms with E-state index in [9.17, 15) is 0 Å². The number of hydrogen-bond acceptors (Lipinski definition) is 3. The molecule has 0 radical (unpaired) electrons. The van der Waals surface area contributed by atoms with E-state index in [-0.39, 0.29) is 0 Å². The van der Waals surface area contributed by atoms with Crippen molar-refractivity contribution in [3.05, 3.63) is 58.7 Å². The summed E-state index contributed by atoms with van der Waals surface area (Å²) in [4.78, 5) is 4.45. The van der Waals surface area contributed by atoms with E-state index in [0.717, 1.165) is 44.1 Å². The smallest absolute Gasteiger partial charge is 0.138 e. The number of hydrogen-bond donors (Lipinski definition) is 2. The fourth-order valence-corrected chi connectivity index (χ4v) is 2.61. The molecule has 2 aromatic carbocycles. The Hall–Kier alpha value is -2.26. The molecule has 4 heteroatoms. The highest BCUT2D eigenvalue weighted by atomic mass is 35.5. The van der Waals surface area contributed by atoms with Crippen LogP contribution >= 0.6 is 11.6 Å². The first-order chi connectivity index (χ1) is 10.1. The number of pyridine rings is 1. The van der Waals surface area contributed by atoms with Gasteiger partial charge in [0.25, 0.3) is 0 Å². The summed E-state index contributed by atoms with van der Waals surface area (Å²) in [6.45, 7) is 4.01. The number of nitrogens with one attached hydrogen (secondary N) is 1. The van der Waals surface area contributed by atoms with Gasteiger partial charge in [0, 0.05) is 33.4 Å². The van der Waals surface area contributed by atoms with Crippen LogP contribution < -0.4 is 11.1 Å². The molecular weight excluding hydrogens is 282 g/mol. The van der Waals surface area contributed by atoms with Crippen molar-refractivity contribution in [1.82, 2.24) is 4.98 Å². The molecule has 0 atom stereocenters. The Labute approximate surface area is 128 Å². The van der Waals surface area contributed by atoms with Crippen LogP contribution in [0.25, 0.3) is 10.8 Å². The summed E-state index contributed by atoms with van der Waals surface area (Å²) in [5.74, 6) is 0.785. The van der Waals surface area contributed by atoms with Gasteiger partial charge in [-0.1, -0.05) is 17.7 Å². The van der Waals surface area contributed by atoms with Gasteiger partial charge in [0.2, 0.25) is 0 Å². The predicted molar refractivity (Wildman–Crippen MR) is 90.4 cm³/mol. The van der Waals surface area contributed by atoms with Gasteiger partial charge in [-0.15, -0.1) is 0 Å². The molecule has 0 saturated carbocycles. The first-order valence-electron chi connectivity index (χ1n) is 6.73. The van der Waals surface area contributed by atoms with E-state index in [1.165, 1.54) is 0 Å². The Morgan fingerprint density at radius 1 is 1.10 bits per heavy atom. The van der Waals surface area contributed by atoms with Crippen molar-refractivity contribution >= 4 is 39.6 Å². The zero-order valence-corrected chi connectivity index (χ0v) is 12.7. The second kappa shape index (κ2) is 5.26. The third-order valence-corrected chi connectivity index (χ3v) is 3.99. The highest BCUT2D eigenvalue weighted by Gasteiger charge is 2.08. The van der Waals surface area contributed by atoms with Crippen LogP contribution in [0, 0.1) is 13.8 Å². The first kappa shape index (κ1) is 13.7. The quantitative estimate of drug-likeness (QED) is 0.666. The van der Waals surface area contributed by atoms with Gasteiger partial charge in [-0.2, -0.15) is 0 Å². The lowest BCUT2D eigenvalue weighted by Gasteiger charge is -2.13. The van der Waals surface area contributed by atoms with E-state index in [0.29, 0.717) is 0 Å². The Kier molecular flexibility index (Phi) is 3.43. The van der Waals surface area contributed by atoms with Gasteiger partial charge in [0.05, 0.1) is 0 Å². The summed E-state index contributed by atoms with van der Waals surface area (Å²) >= 11 is 6.17. The molecule has 0 fully saturated rings. The summed E-state index contributed by atoms with van der Waals surface area (Å²) in [5, 5.41) is 6.10. The topological polar surface area (TPSA) is 50.9 Å². The average Bonchev–Trinajstić information content (AvgIpc) is 2.44. The van der Waals surface area contributed by atoms with Crippen LogP contribution in [-0.4, -0.2) is 4.98 Å². The molecule has 0 spiro atoms. The van der Waals surface area contributed by atoms with Crippen molar-refractivity contribution in [1.29, 1.82) is 0 Å². The van der Waals surface area contributed by atoms with Gasteiger partial charge in [-0.3, -0.25) is 0 Å². The molecule has 0 amide bonds. The van der Waals surface area contributed by atoms with Crippen LogP contribution in [0.2, 0.25) is 5.02 Å². The minimum absolute atomic E-state index is 0.732. The summed E-state index contributed by atoms with van der Waals surface area (Å²) in [6, 6.07) is 11.8. The maximum atomic E-state index is 6.17. The third kappa shape index (κ3) is 2.52. The Morgan fingerprint density at radius 3 is 2.71 bits per heavy atom. The lowest BCUT2D eigenvalue weighted by atomic mass is 10.1. The van der Waals surface area contributed by atoms with Crippen molar-refractivity contribution in [3.8, 4) is 0 Å². The number of rotatable bonds is 2. The van der Waals surface area contributed by atoms with Crippen molar-refractivity contribution in [2.24, 2.45) is 0 Å². The van der Waals surface area contributed by atoms with Crippen LogP contribution in [-0.2, 0) is 0 Å². The van der Waals surface area contributed by atoms with Gasteiger partial charge >= 0.3 is 0 Å². The van der Waals surface area contributed by atoms with Crippen LogP contribution in [0.3, 0.4) is 0 Å². The highest BCUT2D eigenvalue weighted by molar-refractivity contribution is 6.31. The number of fused-ring (bicyclic) bond motifs is 1. The van der Waals surface area contributed by atoms with Crippen LogP contribution in [0.15, 0.2) is 42.6 Å². The van der Waals surface area contributed by atoms with Gasteiger partial charge in [-0.25, -0.2) is 4.98 Å². The third-order valence-electron chi connectivity index (χ3n) is 3.58. The lowest BCUT2D eigenvalue weighted by molar-refractivity contribution is 1.32. The Morgan fingerprint density at radius 2 is 1.90 bits per heavy atom. The maximum absolute atomic E-state index is 6.17. The predicted octanol–water partition coefficient (Wildman–Crippen LogP) is 4.83. The van der Waals surface area contributed by atoms with Crippen LogP contribution in [0.4, 0.5) is 17.2 Å². The number of nitrogens with zero attached hydrogens (tertiary/aromatic N) is 1. The number of nitrogens with two attached hydrogens (primary N) is 1. The van der Waals surface area contributed by atoms with Gasteiger partial charge in [0.15, 0.2) is 0 Å². The summed E-state index contributed by atoms with van der Waals surface area (Å²) in [5.41, 5.74) is 9.91. The van der Waals surface area contributed by atoms with E-state index in [4.69, 9.17) is 17.3 Å². The fraction of sp³-hybridized carbons (Fsp3) is 0.118. The van der Waals surface area contributed by atoms with E-state index >= 15 is 0 Å². The number of nitrogen functional groups attached to an aromatic ring is 1. The monoisotopic (exact) mass is 297 g/mol. The summed E-state index contributed by atoms with van der Waals surface area (Å²) < 4.78 is 0. The molecule has 0 unspecified atom stereocenters. The van der Waals surface area contributed by atoms with Gasteiger partial charge < -0.3 is 11.1 Å². The number of halogens is 1. The second-order valence-corrected chi connectivity index (χ2v) is 5.55. The molecule has 0 bridgehead atoms. The van der Waals surface area contributed by atoms with E-state index in [1.807, 2.05) is 44.2 Å². The largest absolute Gasteiger partial charge is 0.398 e. The van der Waals surface area contributed by atoms with E-state index in [1.54, 1.807) is 6.20 Å². The van der Waals surface area contributed by atoms with Crippen molar-refractivity contribution in [2.75, 3.05) is 11.1 Å². The zero-order valence-electron chi connectivity index (χ0n) is 11.9. The lowest BCUT2D eigenvalue weighted by Crippen LogP contribution is -1.98. The molecule has 0 aliphatic carbocycles. The van der Waals surface area contributed by atoms with Gasteiger partial charge in [0.1, 0.15) is 5.82 Å². The van der Waals surface area contributed by atoms with Crippen molar-refractivity contribution in [3.63, 3.8) is 0 Å². The molecule has 3 nitrogen and oxygen atoms in total. The number of anilines is 3. The number of aryl methyl sites for hydroxylation is 1. The fourth-order valence-electron chi connectivity index (χ4n) is 2.43. The second-order valence-electron chi connectivity index (χ2n) is 5.15. The Bertz CT molecular complexity index is 828. The molecule has 3 aromatic rings. The number of benzene rings is 2. The number of aromatic nitrogens is 1. The maximum Gasteiger partial charge on any atom is 0.138 e. The molecule has 3 N–H and O–H groups in total. The van der Waals surface area contributed by atoms with E-state index < -0.39 is 0 Å². The minimum Gasteiger partial charge on any atom is -0.398 e. The molecule has 1 aromatic heterocycles. The zero-order chi connectivity index (χ0) is 15.0. The Balaban J connectivity index is 2.15. The molecule has 0 aliphatic rings. The van der Waals surface area contributed by atoms with Crippen molar-refractivity contribution < 1.29 is 0 Å². The molecule has 3 rings (SSSR count). The molecule has 0 aliphatic heterocycles. The van der Waals surface area contributed by atoms with Gasteiger partial charge in [-0.05, 0) is 55.3 Å². The van der Waals surface area contributed by atoms with E-state index in [2.05, 4.69) is 16.4 Å². The van der Waals surface area contributed by atoms with Crippen LogP contribution in [0.5, 0.6) is 0 Å². The SMILES string of the molecule is Cc1cc(N)c2ccnc(Nc3cccc(Cl)c3C)c2c1. The molecule has 21 heavy (non-hydrogen) atoms. The molecular formula is C17H16ClN3. The molecule has 106 valence electrons. The molecule has 0 saturated heterocycles. The molecule has 1 heterocycles. The summed E-state index contributed by atoms with van der Waals surface area (Å²) in [7, 11) is 0. The standard InChI is InChI=1S/C17H16ClN3/c1-10-8-13-12(15(19)9-10)6-7-20-17(13)21-16-5-3-4-14(18)11(16)2/h3-9H,19H2,1-2H3,(H,20,21). The highest BCUT2D eigenvalue weighted by Crippen LogP contribution is 2.31. The summed E-state index contributed by atoms with van der Waals surface area (Å²) in [6.07, 6.45) is 1.76. The normalized spacial score (nSPS) is 10.8. The first-order valence-corrected chi connectivity index (χ1v) is 7.11. The van der Waals surface area contributed by atoms with Crippen molar-refractivity contribution in [2.45, 2.75) is 13.8 Å². The minimum atomic E-state index is 0.732.